The predicted molar refractivity (Wildman–Crippen MR) is 100 cm³/mol. The standard InChI is InChI=1S/C21H25N3O2/c25-21(16-5-6-19-15(10-16)4-3-7-22-19)24-12-18-17(14-26-20(18)13-24)11-23-8-1-2-9-23/h3-7,10,17-18,20H,1-2,8-9,11-14H2/t17-,18+,20+/m0/s1. The lowest BCUT2D eigenvalue weighted by Gasteiger charge is -2.24. The number of amides is 1. The number of fused-ring (bicyclic) bond motifs is 2. The molecule has 3 aliphatic rings. The number of carbonyl (C=O) groups excluding carboxylic acids is 1. The van der Waals surface area contributed by atoms with Crippen LogP contribution in [0.3, 0.4) is 0 Å². The molecule has 3 atom stereocenters. The number of likely N-dealkylation sites (tertiary alicyclic amines) is 2. The van der Waals surface area contributed by atoms with E-state index in [1.54, 1.807) is 6.20 Å². The minimum Gasteiger partial charge on any atom is -0.376 e. The van der Waals surface area contributed by atoms with E-state index < -0.39 is 0 Å². The van der Waals surface area contributed by atoms with E-state index in [1.165, 1.54) is 25.9 Å². The van der Waals surface area contributed by atoms with Crippen LogP contribution >= 0.6 is 0 Å². The van der Waals surface area contributed by atoms with Crippen LogP contribution in [0.4, 0.5) is 0 Å². The summed E-state index contributed by atoms with van der Waals surface area (Å²) in [5, 5.41) is 1.01. The number of rotatable bonds is 3. The monoisotopic (exact) mass is 351 g/mol. The number of benzene rings is 1. The molecule has 0 N–H and O–H groups in total. The molecule has 3 aliphatic heterocycles. The first-order valence-corrected chi connectivity index (χ1v) is 9.76. The molecule has 4 heterocycles. The van der Waals surface area contributed by atoms with Crippen LogP contribution in [0.5, 0.6) is 0 Å². The normalized spacial score (nSPS) is 28.8. The molecular formula is C21H25N3O2. The molecule has 0 radical (unpaired) electrons. The van der Waals surface area contributed by atoms with E-state index in [2.05, 4.69) is 9.88 Å². The Labute approximate surface area is 153 Å². The summed E-state index contributed by atoms with van der Waals surface area (Å²) < 4.78 is 6.06. The van der Waals surface area contributed by atoms with E-state index in [4.69, 9.17) is 4.74 Å². The number of pyridine rings is 1. The van der Waals surface area contributed by atoms with Gasteiger partial charge in [-0.1, -0.05) is 6.07 Å². The van der Waals surface area contributed by atoms with Crippen molar-refractivity contribution >= 4 is 16.8 Å². The Bertz CT molecular complexity index is 818. The van der Waals surface area contributed by atoms with Gasteiger partial charge in [-0.15, -0.1) is 0 Å². The molecule has 0 bridgehead atoms. The minimum atomic E-state index is 0.119. The maximum absolute atomic E-state index is 13.0. The molecule has 2 aromatic rings. The summed E-state index contributed by atoms with van der Waals surface area (Å²) in [5.41, 5.74) is 1.68. The van der Waals surface area contributed by atoms with E-state index >= 15 is 0 Å². The van der Waals surface area contributed by atoms with Crippen molar-refractivity contribution in [3.63, 3.8) is 0 Å². The fourth-order valence-electron chi connectivity index (χ4n) is 4.84. The van der Waals surface area contributed by atoms with Crippen LogP contribution in [0.1, 0.15) is 23.2 Å². The lowest BCUT2D eigenvalue weighted by atomic mass is 9.93. The highest BCUT2D eigenvalue weighted by molar-refractivity contribution is 5.98. The first-order chi connectivity index (χ1) is 12.8. The zero-order valence-electron chi connectivity index (χ0n) is 15.0. The minimum absolute atomic E-state index is 0.119. The molecule has 0 unspecified atom stereocenters. The highest BCUT2D eigenvalue weighted by Gasteiger charge is 2.45. The van der Waals surface area contributed by atoms with Crippen LogP contribution in [-0.2, 0) is 4.74 Å². The van der Waals surface area contributed by atoms with E-state index in [9.17, 15) is 4.79 Å². The first kappa shape index (κ1) is 16.2. The van der Waals surface area contributed by atoms with Crippen molar-refractivity contribution in [1.29, 1.82) is 0 Å². The van der Waals surface area contributed by atoms with Crippen molar-refractivity contribution in [2.75, 3.05) is 39.3 Å². The smallest absolute Gasteiger partial charge is 0.253 e. The molecule has 0 saturated carbocycles. The average Bonchev–Trinajstić information content (AvgIpc) is 3.40. The molecular weight excluding hydrogens is 326 g/mol. The fourth-order valence-corrected chi connectivity index (χ4v) is 4.84. The first-order valence-electron chi connectivity index (χ1n) is 9.76. The third kappa shape index (κ3) is 2.89. The van der Waals surface area contributed by atoms with Gasteiger partial charge in [0.25, 0.3) is 5.91 Å². The molecule has 0 spiro atoms. The van der Waals surface area contributed by atoms with Crippen LogP contribution < -0.4 is 0 Å². The second-order valence-electron chi connectivity index (χ2n) is 7.92. The molecule has 136 valence electrons. The Balaban J connectivity index is 1.29. The highest BCUT2D eigenvalue weighted by atomic mass is 16.5. The number of nitrogens with zero attached hydrogens (tertiary/aromatic N) is 3. The second-order valence-corrected chi connectivity index (χ2v) is 7.92. The SMILES string of the molecule is O=C(c1ccc2ncccc2c1)N1C[C@@H]2[C@@H](CN3CCCC3)CO[C@@H]2C1. The van der Waals surface area contributed by atoms with Gasteiger partial charge in [-0.3, -0.25) is 9.78 Å². The van der Waals surface area contributed by atoms with Gasteiger partial charge < -0.3 is 14.5 Å². The van der Waals surface area contributed by atoms with Crippen molar-refractivity contribution in [3.05, 3.63) is 42.1 Å². The summed E-state index contributed by atoms with van der Waals surface area (Å²) in [6, 6.07) is 9.71. The van der Waals surface area contributed by atoms with Gasteiger partial charge in [-0.2, -0.15) is 0 Å². The van der Waals surface area contributed by atoms with E-state index in [-0.39, 0.29) is 12.0 Å². The second kappa shape index (κ2) is 6.63. The number of ether oxygens (including phenoxy) is 1. The number of hydrogen-bond donors (Lipinski definition) is 0. The molecule has 1 amide bonds. The number of carbonyl (C=O) groups is 1. The Hall–Kier alpha value is -1.98. The van der Waals surface area contributed by atoms with E-state index in [0.717, 1.165) is 42.7 Å². The van der Waals surface area contributed by atoms with Gasteiger partial charge in [0.1, 0.15) is 0 Å². The third-order valence-electron chi connectivity index (χ3n) is 6.27. The van der Waals surface area contributed by atoms with Gasteiger partial charge in [0.2, 0.25) is 0 Å². The van der Waals surface area contributed by atoms with Gasteiger partial charge in [0.15, 0.2) is 0 Å². The quantitative estimate of drug-likeness (QED) is 0.852. The molecule has 3 fully saturated rings. The van der Waals surface area contributed by atoms with Crippen LogP contribution in [0.2, 0.25) is 0 Å². The van der Waals surface area contributed by atoms with Crippen molar-refractivity contribution in [2.24, 2.45) is 11.8 Å². The van der Waals surface area contributed by atoms with Crippen molar-refractivity contribution in [2.45, 2.75) is 18.9 Å². The fraction of sp³-hybridized carbons (Fsp3) is 0.524. The molecule has 0 aliphatic carbocycles. The molecule has 1 aromatic carbocycles. The molecule has 26 heavy (non-hydrogen) atoms. The Kier molecular flexibility index (Phi) is 4.14. The Morgan fingerprint density at radius 3 is 2.96 bits per heavy atom. The summed E-state index contributed by atoms with van der Waals surface area (Å²) >= 11 is 0. The summed E-state index contributed by atoms with van der Waals surface area (Å²) in [4.78, 5) is 21.9. The third-order valence-corrected chi connectivity index (χ3v) is 6.27. The lowest BCUT2D eigenvalue weighted by molar-refractivity contribution is 0.0668. The van der Waals surface area contributed by atoms with Crippen molar-refractivity contribution in [1.82, 2.24) is 14.8 Å². The predicted octanol–water partition coefficient (Wildman–Crippen LogP) is 2.42. The lowest BCUT2D eigenvalue weighted by Crippen LogP contribution is -2.34. The van der Waals surface area contributed by atoms with Crippen molar-refractivity contribution < 1.29 is 9.53 Å². The van der Waals surface area contributed by atoms with E-state index in [1.807, 2.05) is 35.2 Å². The molecule has 5 rings (SSSR count). The van der Waals surface area contributed by atoms with Crippen LogP contribution in [-0.4, -0.2) is 66.1 Å². The van der Waals surface area contributed by atoms with Crippen LogP contribution in [0, 0.1) is 11.8 Å². The Morgan fingerprint density at radius 2 is 2.08 bits per heavy atom. The largest absolute Gasteiger partial charge is 0.376 e. The number of hydrogen-bond acceptors (Lipinski definition) is 4. The molecule has 5 nitrogen and oxygen atoms in total. The van der Waals surface area contributed by atoms with Gasteiger partial charge >= 0.3 is 0 Å². The van der Waals surface area contributed by atoms with Crippen LogP contribution in [0.15, 0.2) is 36.5 Å². The zero-order chi connectivity index (χ0) is 17.5. The molecule has 5 heteroatoms. The van der Waals surface area contributed by atoms with Crippen LogP contribution in [0.25, 0.3) is 10.9 Å². The summed E-state index contributed by atoms with van der Waals surface area (Å²) in [5.74, 6) is 1.17. The topological polar surface area (TPSA) is 45.7 Å². The molecule has 3 saturated heterocycles. The molecule has 1 aromatic heterocycles. The summed E-state index contributed by atoms with van der Waals surface area (Å²) in [6.45, 7) is 5.99. The average molecular weight is 351 g/mol. The van der Waals surface area contributed by atoms with E-state index in [0.29, 0.717) is 11.8 Å². The maximum Gasteiger partial charge on any atom is 0.253 e. The van der Waals surface area contributed by atoms with Gasteiger partial charge in [-0.25, -0.2) is 0 Å². The Morgan fingerprint density at radius 1 is 1.19 bits per heavy atom. The summed E-state index contributed by atoms with van der Waals surface area (Å²) in [6.07, 6.45) is 4.64. The highest BCUT2D eigenvalue weighted by Crippen LogP contribution is 2.35. The zero-order valence-corrected chi connectivity index (χ0v) is 15.0. The van der Waals surface area contributed by atoms with Crippen molar-refractivity contribution in [3.8, 4) is 0 Å². The van der Waals surface area contributed by atoms with Gasteiger partial charge in [-0.05, 0) is 50.2 Å². The van der Waals surface area contributed by atoms with Gasteiger partial charge in [0, 0.05) is 48.6 Å². The van der Waals surface area contributed by atoms with Gasteiger partial charge in [0.05, 0.1) is 18.2 Å². The maximum atomic E-state index is 13.0. The number of aromatic nitrogens is 1. The summed E-state index contributed by atoms with van der Waals surface area (Å²) in [7, 11) is 0.